The Morgan fingerprint density at radius 3 is 2.35 bits per heavy atom. The zero-order chi connectivity index (χ0) is 34.9. The monoisotopic (exact) mass is 689 g/mol. The highest BCUT2D eigenvalue weighted by Gasteiger charge is 2.41. The van der Waals surface area contributed by atoms with Crippen LogP contribution in [0.3, 0.4) is 0 Å². The Balaban J connectivity index is 1.30. The van der Waals surface area contributed by atoms with Gasteiger partial charge in [-0.15, -0.1) is 0 Å². The third kappa shape index (κ3) is 8.10. The molecule has 0 aliphatic carbocycles. The number of urea groups is 1. The van der Waals surface area contributed by atoms with Gasteiger partial charge in [0.15, 0.2) is 14.0 Å². The average molecular weight is 690 g/mol. The van der Waals surface area contributed by atoms with Crippen molar-refractivity contribution in [3.63, 3.8) is 0 Å². The number of carbonyl (C=O) groups is 1. The normalized spacial score (nSPS) is 16.2. The number of anilines is 1. The number of hydrogen-bond donors (Lipinski definition) is 0. The van der Waals surface area contributed by atoms with Crippen LogP contribution < -0.4 is 4.90 Å². The molecule has 4 aromatic rings. The molecular formula is C36H55N7O3Si2. The molecule has 0 bridgehead atoms. The van der Waals surface area contributed by atoms with E-state index in [-0.39, 0.29) is 23.0 Å². The summed E-state index contributed by atoms with van der Waals surface area (Å²) < 4.78 is 16.2. The minimum Gasteiger partial charge on any atom is -0.417 e. The van der Waals surface area contributed by atoms with E-state index in [2.05, 4.69) is 102 Å². The van der Waals surface area contributed by atoms with Crippen LogP contribution in [0, 0.1) is 5.92 Å². The first-order valence-corrected chi connectivity index (χ1v) is 23.9. The van der Waals surface area contributed by atoms with E-state index in [1.807, 2.05) is 45.2 Å². The van der Waals surface area contributed by atoms with Gasteiger partial charge in [0, 0.05) is 64.1 Å². The van der Waals surface area contributed by atoms with Crippen LogP contribution >= 0.6 is 0 Å². The Morgan fingerprint density at radius 2 is 1.69 bits per heavy atom. The minimum absolute atomic E-state index is 0.00302. The lowest BCUT2D eigenvalue weighted by Gasteiger charge is -2.36. The summed E-state index contributed by atoms with van der Waals surface area (Å²) in [6.45, 7) is 26.0. The Bertz CT molecular complexity index is 1690. The highest BCUT2D eigenvalue weighted by molar-refractivity contribution is 6.76. The standard InChI is InChI=1S/C36H55N7O3Si2/c1-27(2)31-25-40(18-11-21-46-48(9,10)36(3,4)5)35(44)43(31)32-16-19-42-34(39-32)30(24-38-42)28-12-14-29(15-13-28)33-37-17-20-41(33)26-45-22-23-47(6,7)8/h12-17,19-20,24,27,31H,11,18,21-23,25-26H2,1-10H3/t31-/m1/s1. The lowest BCUT2D eigenvalue weighted by atomic mass is 10.0. The zero-order valence-corrected chi connectivity index (χ0v) is 32.7. The van der Waals surface area contributed by atoms with Gasteiger partial charge in [-0.05, 0) is 48.1 Å². The van der Waals surface area contributed by atoms with Gasteiger partial charge in [-0.25, -0.2) is 19.3 Å². The van der Waals surface area contributed by atoms with E-state index in [9.17, 15) is 4.79 Å². The molecule has 0 unspecified atom stereocenters. The number of fused-ring (bicyclic) bond motifs is 1. The number of hydrogen-bond acceptors (Lipinski definition) is 6. The molecule has 12 heteroatoms. The molecule has 2 amide bonds. The molecule has 1 atom stereocenters. The van der Waals surface area contributed by atoms with Crippen LogP contribution in [0.2, 0.25) is 43.8 Å². The number of ether oxygens (including phenoxy) is 1. The second-order valence-corrected chi connectivity index (χ2v) is 26.6. The van der Waals surface area contributed by atoms with Crippen molar-refractivity contribution in [2.45, 2.75) is 97.6 Å². The molecule has 0 N–H and O–H groups in total. The van der Waals surface area contributed by atoms with Gasteiger partial charge in [-0.3, -0.25) is 4.90 Å². The van der Waals surface area contributed by atoms with E-state index >= 15 is 0 Å². The second-order valence-electron chi connectivity index (χ2n) is 16.1. The van der Waals surface area contributed by atoms with Crippen molar-refractivity contribution in [1.82, 2.24) is 29.0 Å². The molecule has 48 heavy (non-hydrogen) atoms. The van der Waals surface area contributed by atoms with Crippen molar-refractivity contribution in [2.24, 2.45) is 5.92 Å². The summed E-state index contributed by atoms with van der Waals surface area (Å²) in [5.74, 6) is 1.80. The maximum absolute atomic E-state index is 13.8. The predicted octanol–water partition coefficient (Wildman–Crippen LogP) is 8.25. The fourth-order valence-corrected chi connectivity index (χ4v) is 7.50. The number of aromatic nitrogens is 5. The van der Waals surface area contributed by atoms with Crippen molar-refractivity contribution < 1.29 is 14.0 Å². The summed E-state index contributed by atoms with van der Waals surface area (Å²) in [5.41, 5.74) is 3.64. The van der Waals surface area contributed by atoms with E-state index in [1.54, 1.807) is 4.52 Å². The van der Waals surface area contributed by atoms with E-state index in [0.29, 0.717) is 37.9 Å². The van der Waals surface area contributed by atoms with Crippen LogP contribution in [-0.4, -0.2) is 83.8 Å². The van der Waals surface area contributed by atoms with Crippen molar-refractivity contribution in [1.29, 1.82) is 0 Å². The van der Waals surface area contributed by atoms with Crippen LogP contribution in [-0.2, 0) is 15.9 Å². The lowest BCUT2D eigenvalue weighted by molar-refractivity contribution is 0.0883. The number of imidazole rings is 1. The van der Waals surface area contributed by atoms with Crippen molar-refractivity contribution in [2.75, 3.05) is 31.2 Å². The van der Waals surface area contributed by atoms with Crippen molar-refractivity contribution >= 4 is 33.9 Å². The minimum atomic E-state index is -1.82. The van der Waals surface area contributed by atoms with Gasteiger partial charge in [0.05, 0.1) is 12.2 Å². The maximum Gasteiger partial charge on any atom is 0.326 e. The van der Waals surface area contributed by atoms with Crippen LogP contribution in [0.25, 0.3) is 28.2 Å². The fraction of sp³-hybridized carbons (Fsp3) is 0.556. The molecule has 1 aliphatic heterocycles. The summed E-state index contributed by atoms with van der Waals surface area (Å²) in [6, 6.07) is 11.4. The first-order chi connectivity index (χ1) is 22.6. The number of benzene rings is 1. The van der Waals surface area contributed by atoms with E-state index in [1.165, 1.54) is 0 Å². The first-order valence-electron chi connectivity index (χ1n) is 17.3. The van der Waals surface area contributed by atoms with Gasteiger partial charge >= 0.3 is 6.03 Å². The predicted molar refractivity (Wildman–Crippen MR) is 200 cm³/mol. The van der Waals surface area contributed by atoms with E-state index in [0.717, 1.165) is 41.6 Å². The summed E-state index contributed by atoms with van der Waals surface area (Å²) in [6.07, 6.45) is 8.33. The summed E-state index contributed by atoms with van der Waals surface area (Å²) in [4.78, 5) is 27.3. The molecule has 0 spiro atoms. The molecule has 1 aromatic carbocycles. The molecule has 10 nitrogen and oxygen atoms in total. The molecule has 5 rings (SSSR count). The van der Waals surface area contributed by atoms with Gasteiger partial charge in [0.1, 0.15) is 18.4 Å². The van der Waals surface area contributed by atoms with E-state index in [4.69, 9.17) is 14.1 Å². The van der Waals surface area contributed by atoms with Crippen LogP contribution in [0.1, 0.15) is 41.0 Å². The highest BCUT2D eigenvalue weighted by Crippen LogP contribution is 2.37. The number of nitrogens with zero attached hydrogens (tertiary/aromatic N) is 7. The van der Waals surface area contributed by atoms with Gasteiger partial charge in [-0.1, -0.05) is 78.5 Å². The van der Waals surface area contributed by atoms with Gasteiger partial charge in [0.25, 0.3) is 0 Å². The summed E-state index contributed by atoms with van der Waals surface area (Å²) in [7, 11) is -2.96. The molecule has 1 fully saturated rings. The Morgan fingerprint density at radius 1 is 0.979 bits per heavy atom. The van der Waals surface area contributed by atoms with Gasteiger partial charge < -0.3 is 18.6 Å². The molecule has 1 aliphatic rings. The molecule has 260 valence electrons. The second kappa shape index (κ2) is 14.3. The quantitative estimate of drug-likeness (QED) is 0.0979. The van der Waals surface area contributed by atoms with E-state index < -0.39 is 16.4 Å². The Labute approximate surface area is 288 Å². The third-order valence-corrected chi connectivity index (χ3v) is 16.1. The zero-order valence-electron chi connectivity index (χ0n) is 30.7. The van der Waals surface area contributed by atoms with Gasteiger partial charge in [0.2, 0.25) is 0 Å². The third-order valence-electron chi connectivity index (χ3n) is 9.82. The van der Waals surface area contributed by atoms with Gasteiger partial charge in [-0.2, -0.15) is 5.10 Å². The van der Waals surface area contributed by atoms with Crippen molar-refractivity contribution in [3.05, 3.63) is 55.1 Å². The summed E-state index contributed by atoms with van der Waals surface area (Å²) in [5, 5.41) is 4.75. The highest BCUT2D eigenvalue weighted by atomic mass is 28.4. The number of amides is 2. The Hall–Kier alpha value is -3.33. The Kier molecular flexibility index (Phi) is 10.7. The summed E-state index contributed by atoms with van der Waals surface area (Å²) >= 11 is 0. The maximum atomic E-state index is 13.8. The molecule has 1 saturated heterocycles. The molecular weight excluding hydrogens is 635 g/mol. The largest absolute Gasteiger partial charge is 0.417 e. The van der Waals surface area contributed by atoms with Crippen LogP contribution in [0.4, 0.5) is 10.6 Å². The van der Waals surface area contributed by atoms with Crippen LogP contribution in [0.5, 0.6) is 0 Å². The SMILES string of the molecule is CC(C)[C@H]1CN(CCCO[Si](C)(C)C(C)(C)C)C(=O)N1c1ccn2ncc(-c3ccc(-c4nccn4COCC[Si](C)(C)C)cc3)c2n1. The topological polar surface area (TPSA) is 90.0 Å². The smallest absolute Gasteiger partial charge is 0.326 e. The van der Waals surface area contributed by atoms with Crippen LogP contribution in [0.15, 0.2) is 55.1 Å². The lowest BCUT2D eigenvalue weighted by Crippen LogP contribution is -2.41. The molecule has 0 saturated carbocycles. The number of rotatable bonds is 14. The fourth-order valence-electron chi connectivity index (χ4n) is 5.65. The molecule has 4 heterocycles. The first kappa shape index (κ1) is 36.0. The number of carbonyl (C=O) groups excluding carboxylic acids is 1. The molecule has 3 aromatic heterocycles. The van der Waals surface area contributed by atoms with Crippen molar-refractivity contribution in [3.8, 4) is 22.5 Å². The molecule has 0 radical (unpaired) electrons. The average Bonchev–Trinajstić information content (AvgIpc) is 3.73.